The van der Waals surface area contributed by atoms with Crippen molar-refractivity contribution in [2.75, 3.05) is 12.4 Å². The van der Waals surface area contributed by atoms with Gasteiger partial charge < -0.3 is 10.1 Å². The smallest absolute Gasteiger partial charge is 0.266 e. The van der Waals surface area contributed by atoms with Gasteiger partial charge in [0, 0.05) is 11.1 Å². The molecule has 1 heterocycles. The minimum Gasteiger partial charge on any atom is -0.495 e. The summed E-state index contributed by atoms with van der Waals surface area (Å²) in [6.45, 7) is 3.62. The number of fused-ring (bicyclic) bond motifs is 1. The van der Waals surface area contributed by atoms with Crippen LogP contribution in [0.1, 0.15) is 12.5 Å². The number of methoxy groups -OCH3 is 1. The normalized spacial score (nSPS) is 11.9. The number of carbonyl (C=O) groups excluding carboxylic acids is 1. The van der Waals surface area contributed by atoms with Gasteiger partial charge in [-0.3, -0.25) is 14.2 Å². The first-order valence-corrected chi connectivity index (χ1v) is 11.5. The van der Waals surface area contributed by atoms with E-state index in [0.29, 0.717) is 38.2 Å². The van der Waals surface area contributed by atoms with Crippen molar-refractivity contribution >= 4 is 45.9 Å². The van der Waals surface area contributed by atoms with Crippen LogP contribution in [-0.2, 0) is 4.79 Å². The van der Waals surface area contributed by atoms with Gasteiger partial charge in [-0.2, -0.15) is 0 Å². The van der Waals surface area contributed by atoms with Gasteiger partial charge in [0.05, 0.1) is 34.6 Å². The zero-order valence-electron chi connectivity index (χ0n) is 18.3. The van der Waals surface area contributed by atoms with Crippen molar-refractivity contribution in [2.45, 2.75) is 24.3 Å². The van der Waals surface area contributed by atoms with Crippen molar-refractivity contribution < 1.29 is 9.53 Å². The average Bonchev–Trinajstić information content (AvgIpc) is 2.82. The number of nitrogens with zero attached hydrogens (tertiary/aromatic N) is 2. The molecule has 0 spiro atoms. The fourth-order valence-corrected chi connectivity index (χ4v) is 4.45. The van der Waals surface area contributed by atoms with Crippen LogP contribution in [0.2, 0.25) is 5.02 Å². The summed E-state index contributed by atoms with van der Waals surface area (Å²) in [5, 5.41) is 3.86. The minimum atomic E-state index is -0.547. The number of hydrogen-bond donors (Lipinski definition) is 1. The molecular weight excluding hydrogens is 458 g/mol. The van der Waals surface area contributed by atoms with E-state index in [0.717, 1.165) is 5.56 Å². The molecule has 0 bridgehead atoms. The Hall–Kier alpha value is -3.29. The van der Waals surface area contributed by atoms with Gasteiger partial charge in [0.15, 0.2) is 5.16 Å². The maximum Gasteiger partial charge on any atom is 0.266 e. The third-order valence-electron chi connectivity index (χ3n) is 5.15. The highest BCUT2D eigenvalue weighted by atomic mass is 35.5. The predicted molar refractivity (Wildman–Crippen MR) is 134 cm³/mol. The molecule has 3 aromatic carbocycles. The number of hydrogen-bond acceptors (Lipinski definition) is 5. The number of anilines is 1. The van der Waals surface area contributed by atoms with Crippen molar-refractivity contribution in [1.82, 2.24) is 9.55 Å². The number of rotatable bonds is 6. The Labute approximate surface area is 200 Å². The SMILES string of the molecule is COc1cc(Cl)c(C)cc1NC(=O)C(C)Sc1nc2ccccc2c(=O)n1-c1ccccc1. The number of aryl methyl sites for hydroxylation is 1. The molecule has 168 valence electrons. The molecule has 4 aromatic rings. The molecule has 1 aromatic heterocycles. The molecule has 33 heavy (non-hydrogen) atoms. The maximum atomic E-state index is 13.3. The van der Waals surface area contributed by atoms with Gasteiger partial charge in [-0.05, 0) is 49.7 Å². The highest BCUT2D eigenvalue weighted by molar-refractivity contribution is 8.00. The number of thioether (sulfide) groups is 1. The van der Waals surface area contributed by atoms with E-state index in [1.165, 1.54) is 18.9 Å². The lowest BCUT2D eigenvalue weighted by Crippen LogP contribution is -2.26. The van der Waals surface area contributed by atoms with E-state index in [4.69, 9.17) is 21.3 Å². The van der Waals surface area contributed by atoms with E-state index >= 15 is 0 Å². The second-order valence-corrected chi connectivity index (χ2v) is 9.15. The molecule has 1 N–H and O–H groups in total. The van der Waals surface area contributed by atoms with Gasteiger partial charge >= 0.3 is 0 Å². The van der Waals surface area contributed by atoms with E-state index in [9.17, 15) is 9.59 Å². The lowest BCUT2D eigenvalue weighted by atomic mass is 10.2. The van der Waals surface area contributed by atoms with Gasteiger partial charge in [-0.15, -0.1) is 0 Å². The fourth-order valence-electron chi connectivity index (χ4n) is 3.37. The summed E-state index contributed by atoms with van der Waals surface area (Å²) in [5.41, 5.74) is 2.44. The zero-order chi connectivity index (χ0) is 23.5. The van der Waals surface area contributed by atoms with Crippen LogP contribution in [0.5, 0.6) is 5.75 Å². The molecule has 1 amide bonds. The summed E-state index contributed by atoms with van der Waals surface area (Å²) in [5.74, 6) is 0.225. The Morgan fingerprint density at radius 3 is 2.55 bits per heavy atom. The second-order valence-electron chi connectivity index (χ2n) is 7.44. The predicted octanol–water partition coefficient (Wildman–Crippen LogP) is 5.48. The molecule has 8 heteroatoms. The first kappa shape index (κ1) is 22.9. The number of ether oxygens (including phenoxy) is 1. The van der Waals surface area contributed by atoms with Crippen LogP contribution < -0.4 is 15.6 Å². The summed E-state index contributed by atoms with van der Waals surface area (Å²) in [4.78, 5) is 31.1. The molecular formula is C25H22ClN3O3S. The summed E-state index contributed by atoms with van der Waals surface area (Å²) in [6, 6.07) is 19.9. The van der Waals surface area contributed by atoms with Gasteiger partial charge in [0.2, 0.25) is 5.91 Å². The third kappa shape index (κ3) is 4.74. The van der Waals surface area contributed by atoms with Crippen molar-refractivity contribution in [3.05, 3.63) is 87.7 Å². The summed E-state index contributed by atoms with van der Waals surface area (Å²) >= 11 is 7.39. The molecule has 0 saturated heterocycles. The average molecular weight is 480 g/mol. The van der Waals surface area contributed by atoms with Crippen molar-refractivity contribution in [3.63, 3.8) is 0 Å². The number of aromatic nitrogens is 2. The maximum absolute atomic E-state index is 13.3. The zero-order valence-corrected chi connectivity index (χ0v) is 19.9. The Kier molecular flexibility index (Phi) is 6.72. The molecule has 0 radical (unpaired) electrons. The Bertz CT molecular complexity index is 1390. The molecule has 0 aliphatic heterocycles. The van der Waals surface area contributed by atoms with E-state index in [-0.39, 0.29) is 11.5 Å². The van der Waals surface area contributed by atoms with Crippen molar-refractivity contribution in [2.24, 2.45) is 0 Å². The van der Waals surface area contributed by atoms with Crippen LogP contribution in [-0.4, -0.2) is 27.8 Å². The van der Waals surface area contributed by atoms with Crippen LogP contribution in [0.15, 0.2) is 76.7 Å². The summed E-state index contributed by atoms with van der Waals surface area (Å²) in [6.07, 6.45) is 0. The van der Waals surface area contributed by atoms with E-state index in [1.807, 2.05) is 49.4 Å². The number of halogens is 1. The Morgan fingerprint density at radius 2 is 1.82 bits per heavy atom. The number of para-hydroxylation sites is 2. The number of benzene rings is 3. The minimum absolute atomic E-state index is 0.183. The number of amides is 1. The summed E-state index contributed by atoms with van der Waals surface area (Å²) < 4.78 is 6.90. The molecule has 4 rings (SSSR count). The standard InChI is InChI=1S/C25H22ClN3O3S/c1-15-13-21(22(32-3)14-19(15)26)27-23(30)16(2)33-25-28-20-12-8-7-11-18(20)24(31)29(25)17-9-5-4-6-10-17/h4-14,16H,1-3H3,(H,27,30). The van der Waals surface area contributed by atoms with Gasteiger partial charge in [-0.25, -0.2) is 4.98 Å². The van der Waals surface area contributed by atoms with E-state index in [1.54, 1.807) is 35.8 Å². The molecule has 6 nitrogen and oxygen atoms in total. The molecule has 0 saturated carbocycles. The number of carbonyl (C=O) groups is 1. The first-order chi connectivity index (χ1) is 15.9. The molecule has 0 fully saturated rings. The van der Waals surface area contributed by atoms with Crippen LogP contribution >= 0.6 is 23.4 Å². The Morgan fingerprint density at radius 1 is 1.12 bits per heavy atom. The quantitative estimate of drug-likeness (QED) is 0.293. The van der Waals surface area contributed by atoms with E-state index < -0.39 is 5.25 Å². The third-order valence-corrected chi connectivity index (χ3v) is 6.61. The summed E-state index contributed by atoms with van der Waals surface area (Å²) in [7, 11) is 1.52. The highest BCUT2D eigenvalue weighted by Crippen LogP contribution is 2.32. The molecule has 0 aliphatic rings. The monoisotopic (exact) mass is 479 g/mol. The fraction of sp³-hybridized carbons (Fsp3) is 0.160. The number of nitrogens with one attached hydrogen (secondary N) is 1. The van der Waals surface area contributed by atoms with Crippen LogP contribution in [0.25, 0.3) is 16.6 Å². The van der Waals surface area contributed by atoms with Crippen LogP contribution in [0.4, 0.5) is 5.69 Å². The van der Waals surface area contributed by atoms with Crippen molar-refractivity contribution in [1.29, 1.82) is 0 Å². The largest absolute Gasteiger partial charge is 0.495 e. The van der Waals surface area contributed by atoms with Gasteiger partial charge in [0.25, 0.3) is 5.56 Å². The molecule has 1 atom stereocenters. The first-order valence-electron chi connectivity index (χ1n) is 10.3. The lowest BCUT2D eigenvalue weighted by Gasteiger charge is -2.17. The topological polar surface area (TPSA) is 73.2 Å². The van der Waals surface area contributed by atoms with Gasteiger partial charge in [0.1, 0.15) is 5.75 Å². The van der Waals surface area contributed by atoms with Crippen molar-refractivity contribution in [3.8, 4) is 11.4 Å². The van der Waals surface area contributed by atoms with Gasteiger partial charge in [-0.1, -0.05) is 53.7 Å². The van der Waals surface area contributed by atoms with Crippen LogP contribution in [0, 0.1) is 6.92 Å². The highest BCUT2D eigenvalue weighted by Gasteiger charge is 2.21. The lowest BCUT2D eigenvalue weighted by molar-refractivity contribution is -0.115. The van der Waals surface area contributed by atoms with Crippen LogP contribution in [0.3, 0.4) is 0 Å². The Balaban J connectivity index is 1.69. The van der Waals surface area contributed by atoms with E-state index in [2.05, 4.69) is 5.32 Å². The molecule has 1 unspecified atom stereocenters. The second kappa shape index (κ2) is 9.68. The molecule has 0 aliphatic carbocycles.